The highest BCUT2D eigenvalue weighted by Crippen LogP contribution is 2.25. The second-order valence-electron chi connectivity index (χ2n) is 6.43. The zero-order valence-corrected chi connectivity index (χ0v) is 16.1. The largest absolute Gasteiger partial charge is 0.496 e. The number of piperazine rings is 1. The van der Waals surface area contributed by atoms with E-state index < -0.39 is 0 Å². The number of aryl methyl sites for hydroxylation is 1. The molecule has 0 unspecified atom stereocenters. The predicted octanol–water partition coefficient (Wildman–Crippen LogP) is 4.08. The number of benzene rings is 2. The van der Waals surface area contributed by atoms with Crippen molar-refractivity contribution >= 4 is 15.9 Å². The van der Waals surface area contributed by atoms with E-state index in [1.54, 1.807) is 7.11 Å². The molecule has 2 aromatic rings. The highest BCUT2D eigenvalue weighted by molar-refractivity contribution is 9.10. The molecule has 0 aromatic heterocycles. The van der Waals surface area contributed by atoms with Crippen molar-refractivity contribution in [2.45, 2.75) is 20.0 Å². The Balaban J connectivity index is 1.56. The topological polar surface area (TPSA) is 15.7 Å². The molecule has 4 heteroatoms. The van der Waals surface area contributed by atoms with E-state index in [9.17, 15) is 0 Å². The minimum absolute atomic E-state index is 0.945. The predicted molar refractivity (Wildman–Crippen MR) is 102 cm³/mol. The van der Waals surface area contributed by atoms with Gasteiger partial charge in [0.15, 0.2) is 0 Å². The summed E-state index contributed by atoms with van der Waals surface area (Å²) in [6, 6.07) is 14.9. The fraction of sp³-hybridized carbons (Fsp3) is 0.400. The standard InChI is InChI=1S/C20H25BrN2O/c1-16-5-3-4-6-17(16)14-22-9-11-23(12-10-22)15-18-13-19(21)7-8-20(18)24-2/h3-8,13H,9-12,14-15H2,1-2H3. The molecule has 24 heavy (non-hydrogen) atoms. The first-order valence-corrected chi connectivity index (χ1v) is 9.26. The van der Waals surface area contributed by atoms with Gasteiger partial charge in [-0.15, -0.1) is 0 Å². The summed E-state index contributed by atoms with van der Waals surface area (Å²) in [7, 11) is 1.74. The van der Waals surface area contributed by atoms with Crippen molar-refractivity contribution in [3.05, 3.63) is 63.6 Å². The zero-order chi connectivity index (χ0) is 16.9. The molecule has 0 atom stereocenters. The Morgan fingerprint density at radius 3 is 2.17 bits per heavy atom. The highest BCUT2D eigenvalue weighted by Gasteiger charge is 2.18. The lowest BCUT2D eigenvalue weighted by atomic mass is 10.1. The maximum Gasteiger partial charge on any atom is 0.123 e. The molecule has 1 heterocycles. The van der Waals surface area contributed by atoms with Crippen molar-refractivity contribution < 1.29 is 4.74 Å². The molecule has 0 N–H and O–H groups in total. The summed E-state index contributed by atoms with van der Waals surface area (Å²) in [4.78, 5) is 5.07. The fourth-order valence-corrected chi connectivity index (χ4v) is 3.65. The van der Waals surface area contributed by atoms with Crippen molar-refractivity contribution in [3.8, 4) is 5.75 Å². The molecule has 3 rings (SSSR count). The van der Waals surface area contributed by atoms with Gasteiger partial charge in [-0.05, 0) is 36.2 Å². The van der Waals surface area contributed by atoms with Crippen LogP contribution in [0.4, 0.5) is 0 Å². The van der Waals surface area contributed by atoms with Gasteiger partial charge >= 0.3 is 0 Å². The average Bonchev–Trinajstić information content (AvgIpc) is 2.59. The third-order valence-corrected chi connectivity index (χ3v) is 5.25. The molecule has 0 aliphatic carbocycles. The number of ether oxygens (including phenoxy) is 1. The molecule has 1 fully saturated rings. The molecule has 0 bridgehead atoms. The Morgan fingerprint density at radius 1 is 0.917 bits per heavy atom. The van der Waals surface area contributed by atoms with E-state index in [1.165, 1.54) is 16.7 Å². The van der Waals surface area contributed by atoms with Crippen LogP contribution in [0.15, 0.2) is 46.9 Å². The lowest BCUT2D eigenvalue weighted by Crippen LogP contribution is -2.45. The Morgan fingerprint density at radius 2 is 1.54 bits per heavy atom. The maximum absolute atomic E-state index is 5.50. The van der Waals surface area contributed by atoms with Crippen LogP contribution in [0.3, 0.4) is 0 Å². The summed E-state index contributed by atoms with van der Waals surface area (Å²) in [5.74, 6) is 0.973. The van der Waals surface area contributed by atoms with Crippen LogP contribution in [0.2, 0.25) is 0 Å². The minimum atomic E-state index is 0.945. The molecular formula is C20H25BrN2O. The SMILES string of the molecule is COc1ccc(Br)cc1CN1CCN(Cc2ccccc2C)CC1. The number of rotatable bonds is 5. The molecule has 0 radical (unpaired) electrons. The quantitative estimate of drug-likeness (QED) is 0.767. The van der Waals surface area contributed by atoms with Gasteiger partial charge in [0.25, 0.3) is 0 Å². The lowest BCUT2D eigenvalue weighted by molar-refractivity contribution is 0.121. The third kappa shape index (κ3) is 4.38. The van der Waals surface area contributed by atoms with Crippen LogP contribution in [-0.4, -0.2) is 43.1 Å². The molecule has 3 nitrogen and oxygen atoms in total. The summed E-state index contributed by atoms with van der Waals surface area (Å²) in [6.07, 6.45) is 0. The molecule has 0 spiro atoms. The van der Waals surface area contributed by atoms with Crippen LogP contribution in [0, 0.1) is 6.92 Å². The average molecular weight is 389 g/mol. The number of halogens is 1. The van der Waals surface area contributed by atoms with Crippen LogP contribution in [0.5, 0.6) is 5.75 Å². The Kier molecular flexibility index (Phi) is 5.93. The normalized spacial score (nSPS) is 16.3. The van der Waals surface area contributed by atoms with Crippen molar-refractivity contribution in [2.24, 2.45) is 0 Å². The number of hydrogen-bond acceptors (Lipinski definition) is 3. The van der Waals surface area contributed by atoms with Crippen molar-refractivity contribution in [1.82, 2.24) is 9.80 Å². The summed E-state index contributed by atoms with van der Waals surface area (Å²) in [6.45, 7) is 8.63. The van der Waals surface area contributed by atoms with E-state index in [4.69, 9.17) is 4.74 Å². The van der Waals surface area contributed by atoms with Gasteiger partial charge in [-0.3, -0.25) is 9.80 Å². The molecular weight excluding hydrogens is 364 g/mol. The molecule has 1 aliphatic rings. The van der Waals surface area contributed by atoms with Gasteiger partial charge in [-0.1, -0.05) is 40.2 Å². The molecule has 0 amide bonds. The van der Waals surface area contributed by atoms with Gasteiger partial charge in [0.05, 0.1) is 7.11 Å². The van der Waals surface area contributed by atoms with Crippen LogP contribution in [-0.2, 0) is 13.1 Å². The van der Waals surface area contributed by atoms with E-state index >= 15 is 0 Å². The summed E-state index contributed by atoms with van der Waals surface area (Å²) < 4.78 is 6.61. The second-order valence-corrected chi connectivity index (χ2v) is 7.35. The first-order valence-electron chi connectivity index (χ1n) is 8.47. The lowest BCUT2D eigenvalue weighted by Gasteiger charge is -2.35. The van der Waals surface area contributed by atoms with E-state index in [0.717, 1.165) is 49.5 Å². The van der Waals surface area contributed by atoms with Crippen molar-refractivity contribution in [3.63, 3.8) is 0 Å². The van der Waals surface area contributed by atoms with E-state index in [-0.39, 0.29) is 0 Å². The van der Waals surface area contributed by atoms with Gasteiger partial charge < -0.3 is 4.74 Å². The van der Waals surface area contributed by atoms with Gasteiger partial charge in [0.1, 0.15) is 5.75 Å². The maximum atomic E-state index is 5.50. The molecule has 0 saturated carbocycles. The molecule has 128 valence electrons. The Labute approximate surface area is 153 Å². The second kappa shape index (κ2) is 8.15. The van der Waals surface area contributed by atoms with Gasteiger partial charge in [0.2, 0.25) is 0 Å². The van der Waals surface area contributed by atoms with Crippen LogP contribution < -0.4 is 4.74 Å². The van der Waals surface area contributed by atoms with E-state index in [2.05, 4.69) is 63.0 Å². The van der Waals surface area contributed by atoms with Gasteiger partial charge in [-0.25, -0.2) is 0 Å². The molecule has 1 saturated heterocycles. The summed E-state index contributed by atoms with van der Waals surface area (Å²) in [5.41, 5.74) is 4.08. The van der Waals surface area contributed by atoms with Crippen molar-refractivity contribution in [1.29, 1.82) is 0 Å². The Hall–Kier alpha value is -1.36. The summed E-state index contributed by atoms with van der Waals surface area (Å²) >= 11 is 3.56. The van der Waals surface area contributed by atoms with E-state index in [0.29, 0.717) is 0 Å². The van der Waals surface area contributed by atoms with Gasteiger partial charge in [0, 0.05) is 49.3 Å². The fourth-order valence-electron chi connectivity index (χ4n) is 3.25. The van der Waals surface area contributed by atoms with Crippen LogP contribution in [0.25, 0.3) is 0 Å². The van der Waals surface area contributed by atoms with E-state index in [1.807, 2.05) is 12.1 Å². The summed E-state index contributed by atoms with van der Waals surface area (Å²) in [5, 5.41) is 0. The van der Waals surface area contributed by atoms with Crippen molar-refractivity contribution in [2.75, 3.05) is 33.3 Å². The minimum Gasteiger partial charge on any atom is -0.496 e. The number of hydrogen-bond donors (Lipinski definition) is 0. The van der Waals surface area contributed by atoms with Crippen LogP contribution in [0.1, 0.15) is 16.7 Å². The zero-order valence-electron chi connectivity index (χ0n) is 14.5. The molecule has 2 aromatic carbocycles. The van der Waals surface area contributed by atoms with Gasteiger partial charge in [-0.2, -0.15) is 0 Å². The highest BCUT2D eigenvalue weighted by atomic mass is 79.9. The smallest absolute Gasteiger partial charge is 0.123 e. The third-order valence-electron chi connectivity index (χ3n) is 4.76. The number of nitrogens with zero attached hydrogens (tertiary/aromatic N) is 2. The Bertz CT molecular complexity index is 681. The molecule has 1 aliphatic heterocycles. The first kappa shape index (κ1) is 17.5. The van der Waals surface area contributed by atoms with Crippen LogP contribution >= 0.6 is 15.9 Å². The first-order chi connectivity index (χ1) is 11.7. The monoisotopic (exact) mass is 388 g/mol. The number of methoxy groups -OCH3 is 1.